The number of amides is 3. The molecule has 2 unspecified atom stereocenters. The Hall–Kier alpha value is -2.92. The zero-order valence-electron chi connectivity index (χ0n) is 28.6. The molecule has 46 heavy (non-hydrogen) atoms. The third-order valence-corrected chi connectivity index (χ3v) is 9.92. The van der Waals surface area contributed by atoms with Gasteiger partial charge in [-0.1, -0.05) is 64.8 Å². The molecule has 1 saturated heterocycles. The number of unbranched alkanes of at least 4 members (excludes halogenated alkanes) is 1. The Kier molecular flexibility index (Phi) is 13.7. The lowest BCUT2D eigenvalue weighted by molar-refractivity contribution is -0.142. The average Bonchev–Trinajstić information content (AvgIpc) is 3.29. The van der Waals surface area contributed by atoms with E-state index in [4.69, 9.17) is 10.5 Å². The molecule has 1 aromatic carbocycles. The van der Waals surface area contributed by atoms with Crippen molar-refractivity contribution in [2.24, 2.45) is 17.6 Å². The number of hydrogen-bond acceptors (Lipinski definition) is 8. The maximum Gasteiger partial charge on any atom is 0.407 e. The van der Waals surface area contributed by atoms with E-state index < -0.39 is 41.6 Å². The molecular weight excluding hydrogens is 604 g/mol. The molecule has 0 spiro atoms. The van der Waals surface area contributed by atoms with Gasteiger partial charge < -0.3 is 26.0 Å². The van der Waals surface area contributed by atoms with Gasteiger partial charge in [-0.3, -0.25) is 19.2 Å². The van der Waals surface area contributed by atoms with Gasteiger partial charge in [0.05, 0.1) is 24.1 Å². The molecule has 3 amide bonds. The highest BCUT2D eigenvalue weighted by Gasteiger charge is 2.51. The van der Waals surface area contributed by atoms with E-state index in [0.717, 1.165) is 17.5 Å². The Morgan fingerprint density at radius 2 is 1.80 bits per heavy atom. The van der Waals surface area contributed by atoms with Gasteiger partial charge in [-0.2, -0.15) is 11.8 Å². The first kappa shape index (κ1) is 37.5. The molecule has 0 bridgehead atoms. The third-order valence-electron chi connectivity index (χ3n) is 9.27. The molecule has 1 aromatic rings. The summed E-state index contributed by atoms with van der Waals surface area (Å²) in [4.78, 5) is 67.9. The predicted octanol–water partition coefficient (Wildman–Crippen LogP) is 4.16. The Bertz CT molecular complexity index is 1260. The number of rotatable bonds is 16. The third kappa shape index (κ3) is 9.12. The lowest BCUT2D eigenvalue weighted by atomic mass is 9.65. The van der Waals surface area contributed by atoms with E-state index in [0.29, 0.717) is 44.3 Å². The van der Waals surface area contributed by atoms with Crippen molar-refractivity contribution in [3.63, 3.8) is 0 Å². The van der Waals surface area contributed by atoms with Crippen LogP contribution >= 0.6 is 11.8 Å². The lowest BCUT2D eigenvalue weighted by Crippen LogP contribution is -2.57. The minimum atomic E-state index is -0.848. The second-order valence-corrected chi connectivity index (χ2v) is 14.8. The molecule has 1 heterocycles. The number of alkyl carbamates (subject to hydrolysis) is 1. The molecule has 1 aliphatic carbocycles. The van der Waals surface area contributed by atoms with Crippen LogP contribution in [0.15, 0.2) is 24.3 Å². The van der Waals surface area contributed by atoms with Gasteiger partial charge in [0.15, 0.2) is 11.6 Å². The summed E-state index contributed by atoms with van der Waals surface area (Å²) in [6.45, 7) is 11.7. The van der Waals surface area contributed by atoms with Crippen molar-refractivity contribution in [3.8, 4) is 0 Å². The zero-order valence-corrected chi connectivity index (χ0v) is 29.4. The number of likely N-dealkylation sites (tertiary alicyclic amines) is 1. The number of ether oxygens (including phenoxy) is 1. The van der Waals surface area contributed by atoms with Crippen LogP contribution in [0.2, 0.25) is 0 Å². The van der Waals surface area contributed by atoms with Crippen molar-refractivity contribution < 1.29 is 28.7 Å². The topological polar surface area (TPSA) is 148 Å². The Morgan fingerprint density at radius 3 is 2.46 bits per heavy atom. The number of hydrogen-bond donors (Lipinski definition) is 3. The van der Waals surface area contributed by atoms with Gasteiger partial charge >= 0.3 is 6.09 Å². The molecule has 6 atom stereocenters. The second-order valence-electron chi connectivity index (χ2n) is 13.8. The fourth-order valence-corrected chi connectivity index (χ4v) is 7.14. The van der Waals surface area contributed by atoms with Gasteiger partial charge in [0, 0.05) is 18.4 Å². The summed E-state index contributed by atoms with van der Waals surface area (Å²) in [5.74, 6) is -0.00930. The van der Waals surface area contributed by atoms with Gasteiger partial charge in [0.2, 0.25) is 11.8 Å². The first-order chi connectivity index (χ1) is 21.7. The molecule has 1 aliphatic heterocycles. The summed E-state index contributed by atoms with van der Waals surface area (Å²) in [5, 5.41) is 5.53. The van der Waals surface area contributed by atoms with Gasteiger partial charge in [0.25, 0.3) is 0 Å². The van der Waals surface area contributed by atoms with Crippen LogP contribution < -0.4 is 16.4 Å². The quantitative estimate of drug-likeness (QED) is 0.224. The smallest absolute Gasteiger partial charge is 0.407 e. The fraction of sp³-hybridized carbons (Fsp3) is 0.686. The molecule has 1 fully saturated rings. The summed E-state index contributed by atoms with van der Waals surface area (Å²) >= 11 is 1.55. The first-order valence-corrected chi connectivity index (χ1v) is 18.1. The van der Waals surface area contributed by atoms with Crippen molar-refractivity contribution in [3.05, 3.63) is 35.4 Å². The summed E-state index contributed by atoms with van der Waals surface area (Å²) in [5.41, 5.74) is 7.34. The van der Waals surface area contributed by atoms with Gasteiger partial charge in [-0.15, -0.1) is 0 Å². The minimum absolute atomic E-state index is 0.00616. The van der Waals surface area contributed by atoms with Crippen LogP contribution in [0.5, 0.6) is 0 Å². The van der Waals surface area contributed by atoms with Gasteiger partial charge in [-0.25, -0.2) is 4.79 Å². The van der Waals surface area contributed by atoms with E-state index in [2.05, 4.69) is 10.6 Å². The highest BCUT2D eigenvalue weighted by atomic mass is 32.2. The van der Waals surface area contributed by atoms with Crippen molar-refractivity contribution in [2.75, 3.05) is 18.6 Å². The van der Waals surface area contributed by atoms with E-state index in [1.54, 1.807) is 16.7 Å². The van der Waals surface area contributed by atoms with Crippen molar-refractivity contribution >= 4 is 41.2 Å². The Labute approximate surface area is 278 Å². The largest absolute Gasteiger partial charge is 0.449 e. The van der Waals surface area contributed by atoms with Gasteiger partial charge in [-0.05, 0) is 68.6 Å². The number of nitrogens with two attached hydrogens (primary N) is 1. The summed E-state index contributed by atoms with van der Waals surface area (Å²) in [6.07, 6.45) is 5.00. The monoisotopic (exact) mass is 658 g/mol. The molecule has 4 N–H and O–H groups in total. The zero-order chi connectivity index (χ0) is 34.2. The lowest BCUT2D eigenvalue weighted by Gasteiger charge is -2.43. The number of nitrogens with zero attached hydrogens (tertiary/aromatic N) is 1. The first-order valence-electron chi connectivity index (χ1n) is 16.7. The van der Waals surface area contributed by atoms with Gasteiger partial charge in [0.1, 0.15) is 12.1 Å². The number of carbonyl (C=O) groups is 5. The number of benzene rings is 1. The highest BCUT2D eigenvalue weighted by Crippen LogP contribution is 2.41. The summed E-state index contributed by atoms with van der Waals surface area (Å²) in [6, 6.07) is 4.83. The van der Waals surface area contributed by atoms with E-state index in [9.17, 15) is 24.0 Å². The normalized spacial score (nSPS) is 24.1. The van der Waals surface area contributed by atoms with Crippen LogP contribution in [0, 0.1) is 11.8 Å². The van der Waals surface area contributed by atoms with Crippen LogP contribution in [0.4, 0.5) is 4.79 Å². The van der Waals surface area contributed by atoms with E-state index in [1.165, 1.54) is 0 Å². The number of nitrogens with one attached hydrogen (secondary N) is 2. The van der Waals surface area contributed by atoms with Crippen LogP contribution in [0.25, 0.3) is 0 Å². The SMILES string of the molecule is CSCC[C@H](NC(=O)OCC(C)C)C(=O)N[C@H]1CC(C)N([C@H]2Cc3ccccc3C(C)(CCCC[C@H](N)C(=O)C(C)C)C2=O)C1=O. The second kappa shape index (κ2) is 16.8. The molecule has 3 rings (SSSR count). The van der Waals surface area contributed by atoms with E-state index in [1.807, 2.05) is 72.1 Å². The molecule has 10 nitrogen and oxygen atoms in total. The van der Waals surface area contributed by atoms with E-state index >= 15 is 0 Å². The Balaban J connectivity index is 1.74. The molecule has 0 radical (unpaired) electrons. The van der Waals surface area contributed by atoms with Crippen LogP contribution in [-0.2, 0) is 35.8 Å². The minimum Gasteiger partial charge on any atom is -0.449 e. The molecule has 11 heteroatoms. The number of ketones is 2. The van der Waals surface area contributed by atoms with Crippen LogP contribution in [0.3, 0.4) is 0 Å². The molecule has 0 aromatic heterocycles. The number of fused-ring (bicyclic) bond motifs is 1. The maximum atomic E-state index is 14.4. The van der Waals surface area contributed by atoms with E-state index in [-0.39, 0.29) is 42.0 Å². The predicted molar refractivity (Wildman–Crippen MR) is 182 cm³/mol. The van der Waals surface area contributed by atoms with Crippen molar-refractivity contribution in [1.29, 1.82) is 0 Å². The van der Waals surface area contributed by atoms with Crippen LogP contribution in [-0.4, -0.2) is 83.2 Å². The van der Waals surface area contributed by atoms with Crippen molar-refractivity contribution in [1.82, 2.24) is 15.5 Å². The van der Waals surface area contributed by atoms with Crippen molar-refractivity contribution in [2.45, 2.75) is 122 Å². The summed E-state index contributed by atoms with van der Waals surface area (Å²) < 4.78 is 5.22. The fourth-order valence-electron chi connectivity index (χ4n) is 6.67. The molecular formula is C35H54N4O6S. The Morgan fingerprint density at radius 1 is 1.11 bits per heavy atom. The molecule has 2 aliphatic rings. The number of thioether (sulfide) groups is 1. The highest BCUT2D eigenvalue weighted by molar-refractivity contribution is 7.98. The molecule has 256 valence electrons. The standard InChI is InChI=1S/C35H54N4O6S/c1-21(2)20-45-34(44)38-27(15-17-46-7)32(42)37-28-18-23(5)39(33(28)43)29-19-24-12-8-9-13-25(24)35(6,31(29)41)16-11-10-14-26(36)30(40)22(3)4/h8-9,12-13,21-23,26-29H,10-11,14-20,36H2,1-7H3,(H,37,42)(H,38,44)/t23?,26-,27-,28-,29-,35?/m0/s1. The molecule has 0 saturated carbocycles. The average molecular weight is 659 g/mol. The number of Topliss-reactive ketones (excluding diaryl/α,β-unsaturated/α-hetero) is 2. The maximum absolute atomic E-state index is 14.4. The van der Waals surface area contributed by atoms with Crippen LogP contribution in [0.1, 0.15) is 91.2 Å². The summed E-state index contributed by atoms with van der Waals surface area (Å²) in [7, 11) is 0. The number of carbonyl (C=O) groups excluding carboxylic acids is 5.